The van der Waals surface area contributed by atoms with Crippen LogP contribution in [0.2, 0.25) is 0 Å². The highest BCUT2D eigenvalue weighted by Crippen LogP contribution is 2.42. The van der Waals surface area contributed by atoms with E-state index in [1.807, 2.05) is 13.8 Å². The number of ether oxygens (including phenoxy) is 2. The molecule has 1 saturated carbocycles. The predicted molar refractivity (Wildman–Crippen MR) is 83.7 cm³/mol. The van der Waals surface area contributed by atoms with Crippen LogP contribution in [-0.4, -0.2) is 25.2 Å². The van der Waals surface area contributed by atoms with Crippen LogP contribution >= 0.6 is 0 Å². The molecule has 0 saturated heterocycles. The number of amides is 1. The molecule has 1 aromatic rings. The van der Waals surface area contributed by atoms with Crippen LogP contribution in [0.25, 0.3) is 0 Å². The molecule has 1 aliphatic carbocycles. The topological polar surface area (TPSA) is 71.3 Å². The number of hydrogen-bond donors (Lipinski definition) is 1. The molecule has 22 heavy (non-hydrogen) atoms. The SMILES string of the molecule is CCCOC(C)(C(=O)Nc1ccc(OC)c(C#N)c1)C1CC1. The lowest BCUT2D eigenvalue weighted by Crippen LogP contribution is -2.45. The molecule has 1 atom stereocenters. The molecule has 1 amide bonds. The molecule has 1 unspecified atom stereocenters. The number of hydrogen-bond acceptors (Lipinski definition) is 4. The summed E-state index contributed by atoms with van der Waals surface area (Å²) in [5.74, 6) is 0.609. The standard InChI is InChI=1S/C17H22N2O3/c1-4-9-22-17(2,13-5-6-13)16(20)19-14-7-8-15(21-3)12(10-14)11-18/h7-8,10,13H,4-6,9H2,1-3H3,(H,19,20). The van der Waals surface area contributed by atoms with Crippen molar-refractivity contribution < 1.29 is 14.3 Å². The van der Waals surface area contributed by atoms with E-state index in [-0.39, 0.29) is 11.8 Å². The van der Waals surface area contributed by atoms with Crippen LogP contribution < -0.4 is 10.1 Å². The number of carbonyl (C=O) groups is 1. The molecule has 1 N–H and O–H groups in total. The number of carbonyl (C=O) groups excluding carboxylic acids is 1. The minimum atomic E-state index is -0.803. The molecule has 0 bridgehead atoms. The second-order valence-corrected chi connectivity index (χ2v) is 5.71. The first-order valence-corrected chi connectivity index (χ1v) is 7.58. The van der Waals surface area contributed by atoms with Gasteiger partial charge in [-0.25, -0.2) is 0 Å². The third-order valence-electron chi connectivity index (χ3n) is 3.99. The summed E-state index contributed by atoms with van der Waals surface area (Å²) in [7, 11) is 1.51. The largest absolute Gasteiger partial charge is 0.495 e. The highest BCUT2D eigenvalue weighted by molar-refractivity contribution is 5.97. The molecule has 0 radical (unpaired) electrons. The number of methoxy groups -OCH3 is 1. The quantitative estimate of drug-likeness (QED) is 0.840. The lowest BCUT2D eigenvalue weighted by molar-refractivity contribution is -0.142. The van der Waals surface area contributed by atoms with Crippen molar-refractivity contribution >= 4 is 11.6 Å². The summed E-state index contributed by atoms with van der Waals surface area (Å²) in [5, 5.41) is 12.0. The van der Waals surface area contributed by atoms with Crippen molar-refractivity contribution in [2.45, 2.75) is 38.7 Å². The zero-order valence-corrected chi connectivity index (χ0v) is 13.3. The van der Waals surface area contributed by atoms with E-state index in [1.54, 1.807) is 18.2 Å². The van der Waals surface area contributed by atoms with Crippen molar-refractivity contribution in [3.05, 3.63) is 23.8 Å². The van der Waals surface area contributed by atoms with Crippen LogP contribution in [0.15, 0.2) is 18.2 Å². The van der Waals surface area contributed by atoms with Gasteiger partial charge < -0.3 is 14.8 Å². The number of rotatable bonds is 7. The Morgan fingerprint density at radius 3 is 2.77 bits per heavy atom. The lowest BCUT2D eigenvalue weighted by Gasteiger charge is -2.28. The number of anilines is 1. The Kier molecular flexibility index (Phi) is 5.04. The first kappa shape index (κ1) is 16.3. The minimum absolute atomic E-state index is 0.155. The van der Waals surface area contributed by atoms with Gasteiger partial charge in [-0.2, -0.15) is 5.26 Å². The summed E-state index contributed by atoms with van der Waals surface area (Å²) in [6.07, 6.45) is 2.90. The summed E-state index contributed by atoms with van der Waals surface area (Å²) in [5.41, 5.74) is 0.167. The van der Waals surface area contributed by atoms with Gasteiger partial charge in [0.25, 0.3) is 5.91 Å². The third kappa shape index (κ3) is 3.40. The molecular weight excluding hydrogens is 280 g/mol. The Bertz CT molecular complexity index is 590. The number of nitriles is 1. The fourth-order valence-electron chi connectivity index (χ4n) is 2.45. The number of nitrogens with zero attached hydrogens (tertiary/aromatic N) is 1. The Labute approximate surface area is 131 Å². The van der Waals surface area contributed by atoms with Crippen LogP contribution in [0, 0.1) is 17.2 Å². The van der Waals surface area contributed by atoms with Gasteiger partial charge in [0, 0.05) is 12.3 Å². The van der Waals surface area contributed by atoms with E-state index < -0.39 is 5.60 Å². The van der Waals surface area contributed by atoms with Gasteiger partial charge in [-0.05, 0) is 50.3 Å². The van der Waals surface area contributed by atoms with Crippen molar-refractivity contribution in [3.8, 4) is 11.8 Å². The second-order valence-electron chi connectivity index (χ2n) is 5.71. The molecule has 0 spiro atoms. The van der Waals surface area contributed by atoms with E-state index >= 15 is 0 Å². The lowest BCUT2D eigenvalue weighted by atomic mass is 9.98. The van der Waals surface area contributed by atoms with Gasteiger partial charge in [0.05, 0.1) is 12.7 Å². The van der Waals surface area contributed by atoms with Gasteiger partial charge in [-0.1, -0.05) is 6.92 Å². The molecule has 0 aromatic heterocycles. The zero-order valence-electron chi connectivity index (χ0n) is 13.3. The average molecular weight is 302 g/mol. The van der Waals surface area contributed by atoms with Gasteiger partial charge in [0.15, 0.2) is 0 Å². The molecule has 0 aliphatic heterocycles. The van der Waals surface area contributed by atoms with Gasteiger partial charge >= 0.3 is 0 Å². The van der Waals surface area contributed by atoms with Crippen molar-refractivity contribution in [3.63, 3.8) is 0 Å². The van der Waals surface area contributed by atoms with Crippen molar-refractivity contribution in [2.24, 2.45) is 5.92 Å². The Hall–Kier alpha value is -2.06. The molecule has 1 fully saturated rings. The summed E-state index contributed by atoms with van der Waals surface area (Å²) in [6, 6.07) is 7.08. The maximum absolute atomic E-state index is 12.6. The summed E-state index contributed by atoms with van der Waals surface area (Å²) in [6.45, 7) is 4.44. The van der Waals surface area contributed by atoms with Crippen molar-refractivity contribution in [1.29, 1.82) is 5.26 Å². The second kappa shape index (κ2) is 6.80. The molecule has 5 heteroatoms. The molecule has 1 aromatic carbocycles. The van der Waals surface area contributed by atoms with Crippen LogP contribution in [-0.2, 0) is 9.53 Å². The first-order chi connectivity index (χ1) is 10.5. The third-order valence-corrected chi connectivity index (χ3v) is 3.99. The van der Waals surface area contributed by atoms with E-state index in [0.717, 1.165) is 19.3 Å². The predicted octanol–water partition coefficient (Wildman–Crippen LogP) is 3.10. The zero-order chi connectivity index (χ0) is 16.2. The van der Waals surface area contributed by atoms with E-state index in [1.165, 1.54) is 7.11 Å². The molecule has 118 valence electrons. The van der Waals surface area contributed by atoms with E-state index in [2.05, 4.69) is 11.4 Å². The fourth-order valence-corrected chi connectivity index (χ4v) is 2.45. The van der Waals surface area contributed by atoms with Crippen LogP contribution in [0.3, 0.4) is 0 Å². The molecular formula is C17H22N2O3. The highest BCUT2D eigenvalue weighted by Gasteiger charge is 2.48. The highest BCUT2D eigenvalue weighted by atomic mass is 16.5. The smallest absolute Gasteiger partial charge is 0.256 e. The Morgan fingerprint density at radius 2 is 2.23 bits per heavy atom. The Balaban J connectivity index is 2.15. The normalized spacial score (nSPS) is 16.5. The summed E-state index contributed by atoms with van der Waals surface area (Å²) >= 11 is 0. The maximum Gasteiger partial charge on any atom is 0.256 e. The average Bonchev–Trinajstić information content (AvgIpc) is 3.37. The van der Waals surface area contributed by atoms with E-state index in [4.69, 9.17) is 14.7 Å². The molecule has 0 heterocycles. The summed E-state index contributed by atoms with van der Waals surface area (Å²) in [4.78, 5) is 12.6. The fraction of sp³-hybridized carbons (Fsp3) is 0.529. The molecule has 5 nitrogen and oxygen atoms in total. The van der Waals surface area contributed by atoms with E-state index in [9.17, 15) is 4.79 Å². The van der Waals surface area contributed by atoms with Gasteiger partial charge in [-0.3, -0.25) is 4.79 Å². The van der Waals surface area contributed by atoms with E-state index in [0.29, 0.717) is 23.6 Å². The molecule has 1 aliphatic rings. The minimum Gasteiger partial charge on any atom is -0.495 e. The van der Waals surface area contributed by atoms with Crippen molar-refractivity contribution in [1.82, 2.24) is 0 Å². The maximum atomic E-state index is 12.6. The van der Waals surface area contributed by atoms with Gasteiger partial charge in [0.2, 0.25) is 0 Å². The molecule has 2 rings (SSSR count). The van der Waals surface area contributed by atoms with Crippen LogP contribution in [0.1, 0.15) is 38.7 Å². The van der Waals surface area contributed by atoms with Crippen molar-refractivity contribution in [2.75, 3.05) is 19.0 Å². The van der Waals surface area contributed by atoms with Gasteiger partial charge in [-0.15, -0.1) is 0 Å². The number of benzene rings is 1. The van der Waals surface area contributed by atoms with Gasteiger partial charge in [0.1, 0.15) is 17.4 Å². The number of nitrogens with one attached hydrogen (secondary N) is 1. The first-order valence-electron chi connectivity index (χ1n) is 7.58. The Morgan fingerprint density at radius 1 is 1.50 bits per heavy atom. The van der Waals surface area contributed by atoms with Crippen LogP contribution in [0.5, 0.6) is 5.75 Å². The summed E-state index contributed by atoms with van der Waals surface area (Å²) < 4.78 is 10.9. The monoisotopic (exact) mass is 302 g/mol. The van der Waals surface area contributed by atoms with Crippen LogP contribution in [0.4, 0.5) is 5.69 Å².